The minimum atomic E-state index is 0.400. The first kappa shape index (κ1) is 14.8. The van der Waals surface area contributed by atoms with Crippen LogP contribution in [-0.4, -0.2) is 24.1 Å². The minimum absolute atomic E-state index is 0.400. The summed E-state index contributed by atoms with van der Waals surface area (Å²) >= 11 is 0. The molecular weight excluding hydrogens is 258 g/mol. The summed E-state index contributed by atoms with van der Waals surface area (Å²) in [4.78, 5) is 7.24. The van der Waals surface area contributed by atoms with Gasteiger partial charge >= 0.3 is 0 Å². The normalized spacial score (nSPS) is 22.9. The quantitative estimate of drug-likeness (QED) is 0.918. The number of rotatable bonds is 4. The molecule has 1 aliphatic heterocycles. The number of anilines is 1. The molecule has 2 fully saturated rings. The van der Waals surface area contributed by atoms with Crippen molar-refractivity contribution >= 4 is 5.82 Å². The Morgan fingerprint density at radius 3 is 2.62 bits per heavy atom. The molecule has 1 unspecified atom stereocenters. The number of nitrogens with zero attached hydrogens (tertiary/aromatic N) is 2. The molecule has 21 heavy (non-hydrogen) atoms. The van der Waals surface area contributed by atoms with Crippen molar-refractivity contribution in [2.75, 3.05) is 18.0 Å². The van der Waals surface area contributed by atoms with Crippen molar-refractivity contribution in [2.45, 2.75) is 59.5 Å². The molecule has 116 valence electrons. The van der Waals surface area contributed by atoms with Crippen molar-refractivity contribution in [1.82, 2.24) is 10.3 Å². The maximum absolute atomic E-state index is 4.76. The van der Waals surface area contributed by atoms with Gasteiger partial charge in [-0.25, -0.2) is 4.98 Å². The Morgan fingerprint density at radius 2 is 2.05 bits per heavy atom. The standard InChI is InChI=1S/C18H29N3/c1-13-9-14(10-19-16-5-6-16)11-20-17(13)21-8-7-15(12-21)18(2,3)4/h9,11,15-16,19H,5-8,10,12H2,1-4H3. The van der Waals surface area contributed by atoms with Crippen LogP contribution in [0.3, 0.4) is 0 Å². The first-order chi connectivity index (χ1) is 9.93. The summed E-state index contributed by atoms with van der Waals surface area (Å²) in [6, 6.07) is 3.07. The van der Waals surface area contributed by atoms with Crippen molar-refractivity contribution in [3.8, 4) is 0 Å². The highest BCUT2D eigenvalue weighted by Gasteiger charge is 2.32. The first-order valence-electron chi connectivity index (χ1n) is 8.37. The van der Waals surface area contributed by atoms with E-state index in [1.165, 1.54) is 36.2 Å². The number of hydrogen-bond donors (Lipinski definition) is 1. The molecule has 1 saturated heterocycles. The molecule has 0 amide bonds. The van der Waals surface area contributed by atoms with Gasteiger partial charge in [0.25, 0.3) is 0 Å². The molecule has 2 aliphatic rings. The molecule has 3 nitrogen and oxygen atoms in total. The summed E-state index contributed by atoms with van der Waals surface area (Å²) in [5.41, 5.74) is 3.03. The van der Waals surface area contributed by atoms with Gasteiger partial charge in [-0.2, -0.15) is 0 Å². The molecule has 1 atom stereocenters. The number of hydrogen-bond acceptors (Lipinski definition) is 3. The Balaban J connectivity index is 1.65. The van der Waals surface area contributed by atoms with Crippen molar-refractivity contribution in [3.63, 3.8) is 0 Å². The number of pyridine rings is 1. The molecule has 1 N–H and O–H groups in total. The molecular formula is C18H29N3. The number of aryl methyl sites for hydroxylation is 1. The van der Waals surface area contributed by atoms with Gasteiger partial charge in [-0.05, 0) is 54.7 Å². The second kappa shape index (κ2) is 5.60. The zero-order chi connectivity index (χ0) is 15.0. The van der Waals surface area contributed by atoms with Crippen LogP contribution in [0.4, 0.5) is 5.82 Å². The number of aromatic nitrogens is 1. The van der Waals surface area contributed by atoms with E-state index in [0.717, 1.165) is 31.6 Å². The lowest BCUT2D eigenvalue weighted by molar-refractivity contribution is 0.263. The van der Waals surface area contributed by atoms with Gasteiger partial charge in [-0.15, -0.1) is 0 Å². The lowest BCUT2D eigenvalue weighted by Crippen LogP contribution is -2.27. The summed E-state index contributed by atoms with van der Waals surface area (Å²) in [7, 11) is 0. The van der Waals surface area contributed by atoms with Gasteiger partial charge in [-0.1, -0.05) is 20.8 Å². The maximum Gasteiger partial charge on any atom is 0.131 e. The third-order valence-corrected chi connectivity index (χ3v) is 4.99. The molecule has 0 bridgehead atoms. The second-order valence-electron chi connectivity index (χ2n) is 7.94. The molecule has 0 radical (unpaired) electrons. The van der Waals surface area contributed by atoms with Gasteiger partial charge in [0.15, 0.2) is 0 Å². The van der Waals surface area contributed by atoms with Crippen LogP contribution < -0.4 is 10.2 Å². The number of nitrogens with one attached hydrogen (secondary N) is 1. The Labute approximate surface area is 129 Å². The maximum atomic E-state index is 4.76. The van der Waals surface area contributed by atoms with E-state index in [1.807, 2.05) is 0 Å². The average molecular weight is 287 g/mol. The summed E-state index contributed by atoms with van der Waals surface area (Å²) in [6.45, 7) is 12.5. The highest BCUT2D eigenvalue weighted by atomic mass is 15.2. The van der Waals surface area contributed by atoms with Crippen LogP contribution in [0.1, 0.15) is 51.2 Å². The highest BCUT2D eigenvalue weighted by molar-refractivity contribution is 5.48. The fourth-order valence-electron chi connectivity index (χ4n) is 3.26. The van der Waals surface area contributed by atoms with E-state index in [-0.39, 0.29) is 0 Å². The minimum Gasteiger partial charge on any atom is -0.356 e. The summed E-state index contributed by atoms with van der Waals surface area (Å²) in [6.07, 6.45) is 6.02. The van der Waals surface area contributed by atoms with E-state index in [0.29, 0.717) is 5.41 Å². The fourth-order valence-corrected chi connectivity index (χ4v) is 3.26. The highest BCUT2D eigenvalue weighted by Crippen LogP contribution is 2.35. The third kappa shape index (κ3) is 3.57. The molecule has 2 heterocycles. The topological polar surface area (TPSA) is 28.2 Å². The van der Waals surface area contributed by atoms with E-state index >= 15 is 0 Å². The van der Waals surface area contributed by atoms with Gasteiger partial charge in [0, 0.05) is 31.9 Å². The average Bonchev–Trinajstić information content (AvgIpc) is 3.10. The third-order valence-electron chi connectivity index (χ3n) is 4.99. The molecule has 0 spiro atoms. The summed E-state index contributed by atoms with van der Waals surface area (Å²) in [5.74, 6) is 1.96. The second-order valence-corrected chi connectivity index (χ2v) is 7.94. The van der Waals surface area contributed by atoms with Gasteiger partial charge in [0.2, 0.25) is 0 Å². The van der Waals surface area contributed by atoms with E-state index in [9.17, 15) is 0 Å². The Kier molecular flexibility index (Phi) is 3.96. The molecule has 3 heteroatoms. The SMILES string of the molecule is Cc1cc(CNC2CC2)cnc1N1CCC(C(C)(C)C)C1. The Hall–Kier alpha value is -1.09. The van der Waals surface area contributed by atoms with Crippen molar-refractivity contribution in [3.05, 3.63) is 23.4 Å². The monoisotopic (exact) mass is 287 g/mol. The van der Waals surface area contributed by atoms with Gasteiger partial charge in [-0.3, -0.25) is 0 Å². The van der Waals surface area contributed by atoms with Crippen molar-refractivity contribution in [2.24, 2.45) is 11.3 Å². The van der Waals surface area contributed by atoms with Crippen molar-refractivity contribution in [1.29, 1.82) is 0 Å². The van der Waals surface area contributed by atoms with Gasteiger partial charge in [0.1, 0.15) is 5.82 Å². The predicted molar refractivity (Wildman–Crippen MR) is 88.6 cm³/mol. The zero-order valence-electron chi connectivity index (χ0n) is 13.9. The summed E-state index contributed by atoms with van der Waals surface area (Å²) < 4.78 is 0. The largest absolute Gasteiger partial charge is 0.356 e. The molecule has 1 aromatic rings. The van der Waals surface area contributed by atoms with Crippen molar-refractivity contribution < 1.29 is 0 Å². The molecule has 1 aromatic heterocycles. The smallest absolute Gasteiger partial charge is 0.131 e. The van der Waals surface area contributed by atoms with E-state index in [4.69, 9.17) is 4.98 Å². The molecule has 0 aromatic carbocycles. The van der Waals surface area contributed by atoms with Crippen LogP contribution in [0.2, 0.25) is 0 Å². The van der Waals surface area contributed by atoms with Crippen LogP contribution >= 0.6 is 0 Å². The lowest BCUT2D eigenvalue weighted by Gasteiger charge is -2.27. The zero-order valence-corrected chi connectivity index (χ0v) is 13.9. The fraction of sp³-hybridized carbons (Fsp3) is 0.722. The summed E-state index contributed by atoms with van der Waals surface area (Å²) in [5, 5.41) is 3.56. The Bertz CT molecular complexity index is 500. The lowest BCUT2D eigenvalue weighted by atomic mass is 9.80. The van der Waals surface area contributed by atoms with Gasteiger partial charge < -0.3 is 10.2 Å². The van der Waals surface area contributed by atoms with Crippen LogP contribution in [0.15, 0.2) is 12.3 Å². The predicted octanol–water partition coefficient (Wildman–Crippen LogP) is 3.51. The molecule has 1 saturated carbocycles. The molecule has 3 rings (SSSR count). The van der Waals surface area contributed by atoms with Crippen LogP contribution in [0.25, 0.3) is 0 Å². The van der Waals surface area contributed by atoms with Gasteiger partial charge in [0.05, 0.1) is 0 Å². The van der Waals surface area contributed by atoms with Crippen LogP contribution in [0.5, 0.6) is 0 Å². The van der Waals surface area contributed by atoms with E-state index in [1.54, 1.807) is 0 Å². The van der Waals surface area contributed by atoms with E-state index in [2.05, 4.69) is 50.2 Å². The first-order valence-corrected chi connectivity index (χ1v) is 8.37. The van der Waals surface area contributed by atoms with E-state index < -0.39 is 0 Å². The molecule has 1 aliphatic carbocycles. The Morgan fingerprint density at radius 1 is 1.29 bits per heavy atom. The van der Waals surface area contributed by atoms with Crippen LogP contribution in [-0.2, 0) is 6.54 Å². The van der Waals surface area contributed by atoms with Crippen LogP contribution in [0, 0.1) is 18.3 Å².